The van der Waals surface area contributed by atoms with Gasteiger partial charge in [-0.25, -0.2) is 4.98 Å². The number of aromatic amines is 1. The highest BCUT2D eigenvalue weighted by atomic mass is 79.9. The Kier molecular flexibility index (Phi) is 3.43. The van der Waals surface area contributed by atoms with Crippen molar-refractivity contribution >= 4 is 15.9 Å². The molecule has 0 amide bonds. The average Bonchev–Trinajstić information content (AvgIpc) is 2.87. The predicted octanol–water partition coefficient (Wildman–Crippen LogP) is 2.08. The maximum Gasteiger partial charge on any atom is 0.0926 e. The molecule has 2 aromatic rings. The minimum absolute atomic E-state index is 0.177. The van der Waals surface area contributed by atoms with E-state index in [1.807, 2.05) is 0 Å². The van der Waals surface area contributed by atoms with Crippen LogP contribution in [0.4, 0.5) is 0 Å². The van der Waals surface area contributed by atoms with Crippen LogP contribution in [0.3, 0.4) is 0 Å². The molecule has 3 N–H and O–H groups in total. The summed E-state index contributed by atoms with van der Waals surface area (Å²) in [6, 6.07) is 8.95. The van der Waals surface area contributed by atoms with Crippen LogP contribution in [-0.4, -0.2) is 34.5 Å². The van der Waals surface area contributed by atoms with Crippen molar-refractivity contribution in [3.05, 3.63) is 52.0 Å². The Morgan fingerprint density at radius 2 is 2.16 bits per heavy atom. The topological polar surface area (TPSA) is 57.9 Å². The molecule has 0 spiro atoms. The summed E-state index contributed by atoms with van der Waals surface area (Å²) in [7, 11) is 2.13. The third-order valence-corrected chi connectivity index (χ3v) is 4.42. The fourth-order valence-corrected chi connectivity index (χ4v) is 3.07. The summed E-state index contributed by atoms with van der Waals surface area (Å²) in [5, 5.41) is 0. The molecule has 0 aliphatic carbocycles. The number of nitrogens with one attached hydrogen (secondary N) is 1. The van der Waals surface area contributed by atoms with Gasteiger partial charge in [-0.3, -0.25) is 4.90 Å². The summed E-state index contributed by atoms with van der Waals surface area (Å²) in [5.74, 6) is 0. The third kappa shape index (κ3) is 2.22. The number of nitrogens with zero attached hydrogens (tertiary/aromatic N) is 2. The Bertz CT molecular complexity index is 563. The fourth-order valence-electron chi connectivity index (χ4n) is 2.80. The monoisotopic (exact) mass is 320 g/mol. The molecule has 1 aromatic carbocycles. The zero-order valence-electron chi connectivity index (χ0n) is 10.8. The summed E-state index contributed by atoms with van der Waals surface area (Å²) < 4.78 is 1.09. The number of halogens is 1. The van der Waals surface area contributed by atoms with E-state index < -0.39 is 0 Å². The molecule has 100 valence electrons. The molecule has 2 heterocycles. The van der Waals surface area contributed by atoms with Crippen LogP contribution in [0.25, 0.3) is 0 Å². The van der Waals surface area contributed by atoms with Gasteiger partial charge in [0.05, 0.1) is 18.1 Å². The number of hydrogen-bond acceptors (Lipinski definition) is 3. The van der Waals surface area contributed by atoms with Crippen molar-refractivity contribution in [3.8, 4) is 0 Å². The van der Waals surface area contributed by atoms with Crippen LogP contribution in [0.15, 0.2) is 35.1 Å². The summed E-state index contributed by atoms with van der Waals surface area (Å²) in [6.07, 6.45) is 2.72. The van der Waals surface area contributed by atoms with Crippen molar-refractivity contribution in [2.75, 3.05) is 13.6 Å². The van der Waals surface area contributed by atoms with Crippen LogP contribution >= 0.6 is 15.9 Å². The lowest BCUT2D eigenvalue weighted by Gasteiger charge is -2.38. The zero-order chi connectivity index (χ0) is 13.4. The van der Waals surface area contributed by atoms with Gasteiger partial charge in [0.25, 0.3) is 0 Å². The van der Waals surface area contributed by atoms with Crippen LogP contribution in [0, 0.1) is 0 Å². The number of fused-ring (bicyclic) bond motifs is 1. The SMILES string of the molecule is CN1C(CN)Cc2[nH]cnc2C1c1ccc(Br)cc1. The molecule has 1 aromatic heterocycles. The van der Waals surface area contributed by atoms with E-state index in [4.69, 9.17) is 5.73 Å². The number of imidazole rings is 1. The molecular weight excluding hydrogens is 304 g/mol. The molecule has 4 nitrogen and oxygen atoms in total. The molecule has 3 rings (SSSR count). The Hall–Kier alpha value is -1.17. The lowest BCUT2D eigenvalue weighted by atomic mass is 9.92. The smallest absolute Gasteiger partial charge is 0.0926 e. The first-order valence-corrected chi connectivity index (χ1v) is 7.19. The second kappa shape index (κ2) is 5.07. The van der Waals surface area contributed by atoms with Crippen LogP contribution in [0.2, 0.25) is 0 Å². The van der Waals surface area contributed by atoms with E-state index in [1.54, 1.807) is 6.33 Å². The van der Waals surface area contributed by atoms with Gasteiger partial charge in [-0.2, -0.15) is 0 Å². The van der Waals surface area contributed by atoms with Crippen molar-refractivity contribution in [3.63, 3.8) is 0 Å². The lowest BCUT2D eigenvalue weighted by molar-refractivity contribution is 0.180. The van der Waals surface area contributed by atoms with Crippen molar-refractivity contribution in [1.82, 2.24) is 14.9 Å². The van der Waals surface area contributed by atoms with Crippen molar-refractivity contribution in [2.24, 2.45) is 5.73 Å². The van der Waals surface area contributed by atoms with Gasteiger partial charge in [-0.15, -0.1) is 0 Å². The first kappa shape index (κ1) is 12.8. The van der Waals surface area contributed by atoms with E-state index in [0.29, 0.717) is 12.6 Å². The van der Waals surface area contributed by atoms with Crippen LogP contribution < -0.4 is 5.73 Å². The normalized spacial score (nSPS) is 23.3. The zero-order valence-corrected chi connectivity index (χ0v) is 12.4. The fraction of sp³-hybridized carbons (Fsp3) is 0.357. The highest BCUT2D eigenvalue weighted by Crippen LogP contribution is 2.35. The van der Waals surface area contributed by atoms with Gasteiger partial charge in [-0.05, 0) is 24.7 Å². The van der Waals surface area contributed by atoms with E-state index >= 15 is 0 Å². The number of rotatable bonds is 2. The molecule has 0 radical (unpaired) electrons. The van der Waals surface area contributed by atoms with Gasteiger partial charge in [0.15, 0.2) is 0 Å². The number of likely N-dealkylation sites (N-methyl/N-ethyl adjacent to an activating group) is 1. The quantitative estimate of drug-likeness (QED) is 0.890. The van der Waals surface area contributed by atoms with E-state index in [-0.39, 0.29) is 6.04 Å². The minimum Gasteiger partial charge on any atom is -0.348 e. The number of hydrogen-bond donors (Lipinski definition) is 2. The Morgan fingerprint density at radius 1 is 1.42 bits per heavy atom. The van der Waals surface area contributed by atoms with Gasteiger partial charge < -0.3 is 10.7 Å². The Morgan fingerprint density at radius 3 is 2.84 bits per heavy atom. The van der Waals surface area contributed by atoms with E-state index in [2.05, 4.69) is 62.1 Å². The molecule has 2 atom stereocenters. The van der Waals surface area contributed by atoms with Crippen molar-refractivity contribution < 1.29 is 0 Å². The molecule has 0 fully saturated rings. The summed E-state index contributed by atoms with van der Waals surface area (Å²) in [4.78, 5) is 10.1. The van der Waals surface area contributed by atoms with Crippen molar-refractivity contribution in [2.45, 2.75) is 18.5 Å². The molecule has 5 heteroatoms. The largest absolute Gasteiger partial charge is 0.348 e. The molecule has 1 aliphatic heterocycles. The minimum atomic E-state index is 0.177. The molecule has 0 saturated carbocycles. The lowest BCUT2D eigenvalue weighted by Crippen LogP contribution is -2.45. The van der Waals surface area contributed by atoms with Gasteiger partial charge in [-0.1, -0.05) is 28.1 Å². The number of benzene rings is 1. The van der Waals surface area contributed by atoms with E-state index in [1.165, 1.54) is 11.3 Å². The van der Waals surface area contributed by atoms with Crippen LogP contribution in [-0.2, 0) is 6.42 Å². The van der Waals surface area contributed by atoms with E-state index in [9.17, 15) is 0 Å². The first-order valence-electron chi connectivity index (χ1n) is 6.40. The average molecular weight is 321 g/mol. The van der Waals surface area contributed by atoms with Gasteiger partial charge in [0.2, 0.25) is 0 Å². The van der Waals surface area contributed by atoms with Crippen molar-refractivity contribution in [1.29, 1.82) is 0 Å². The first-order chi connectivity index (χ1) is 9.20. The third-order valence-electron chi connectivity index (χ3n) is 3.89. The standard InChI is InChI=1S/C14H17BrN4/c1-19-11(7-16)6-12-13(18-8-17-12)14(19)9-2-4-10(15)5-3-9/h2-5,8,11,14H,6-7,16H2,1H3,(H,17,18). The Balaban J connectivity index is 2.05. The second-order valence-corrected chi connectivity index (χ2v) is 5.90. The number of nitrogens with two attached hydrogens (primary N) is 1. The maximum absolute atomic E-state index is 5.90. The summed E-state index contributed by atoms with van der Waals surface area (Å²) in [5.41, 5.74) is 9.48. The maximum atomic E-state index is 5.90. The Labute approximate surface area is 121 Å². The summed E-state index contributed by atoms with van der Waals surface area (Å²) in [6.45, 7) is 0.655. The van der Waals surface area contributed by atoms with Crippen LogP contribution in [0.1, 0.15) is 23.0 Å². The number of aromatic nitrogens is 2. The van der Waals surface area contributed by atoms with Gasteiger partial charge in [0, 0.05) is 29.2 Å². The van der Waals surface area contributed by atoms with E-state index in [0.717, 1.165) is 16.6 Å². The van der Waals surface area contributed by atoms with Gasteiger partial charge >= 0.3 is 0 Å². The van der Waals surface area contributed by atoms with Crippen LogP contribution in [0.5, 0.6) is 0 Å². The second-order valence-electron chi connectivity index (χ2n) is 4.98. The molecule has 0 bridgehead atoms. The molecule has 0 saturated heterocycles. The summed E-state index contributed by atoms with van der Waals surface area (Å²) >= 11 is 3.48. The molecule has 1 aliphatic rings. The predicted molar refractivity (Wildman–Crippen MR) is 78.9 cm³/mol. The molecular formula is C14H17BrN4. The molecule has 2 unspecified atom stereocenters. The number of H-pyrrole nitrogens is 1. The molecule has 19 heavy (non-hydrogen) atoms. The highest BCUT2D eigenvalue weighted by Gasteiger charge is 2.33. The highest BCUT2D eigenvalue weighted by molar-refractivity contribution is 9.10. The van der Waals surface area contributed by atoms with Gasteiger partial charge in [0.1, 0.15) is 0 Å².